The normalized spacial score (nSPS) is 13.6. The second kappa shape index (κ2) is 6.97. The summed E-state index contributed by atoms with van der Waals surface area (Å²) in [6.07, 6.45) is 0. The molecule has 2 aromatic carbocycles. The summed E-state index contributed by atoms with van der Waals surface area (Å²) in [5.74, 6) is 0. The van der Waals surface area contributed by atoms with Crippen LogP contribution >= 0.6 is 0 Å². The second-order valence-corrected chi connectivity index (χ2v) is 4.85. The van der Waals surface area contributed by atoms with Crippen LogP contribution in [-0.2, 0) is 0 Å². The first-order valence-electron chi connectivity index (χ1n) is 6.78. The molecule has 2 rings (SSSR count). The molecule has 0 bridgehead atoms. The quantitative estimate of drug-likeness (QED) is 0.632. The number of nitro benzene ring substituents is 1. The van der Waals surface area contributed by atoms with Crippen molar-refractivity contribution in [3.05, 3.63) is 75.8 Å². The van der Waals surface area contributed by atoms with Crippen molar-refractivity contribution in [2.45, 2.75) is 19.0 Å². The van der Waals surface area contributed by atoms with Crippen molar-refractivity contribution in [1.82, 2.24) is 5.32 Å². The molecule has 2 N–H and O–H groups in total. The maximum Gasteiger partial charge on any atom is 0.274 e. The molecule has 1 unspecified atom stereocenters. The summed E-state index contributed by atoms with van der Waals surface area (Å²) < 4.78 is 0. The van der Waals surface area contributed by atoms with Crippen LogP contribution in [0.15, 0.2) is 54.6 Å². The molecule has 0 heterocycles. The van der Waals surface area contributed by atoms with E-state index in [9.17, 15) is 15.2 Å². The molecule has 0 aromatic heterocycles. The number of hydrogen-bond acceptors (Lipinski definition) is 4. The Hall–Kier alpha value is -2.24. The van der Waals surface area contributed by atoms with Gasteiger partial charge in [-0.15, -0.1) is 0 Å². The van der Waals surface area contributed by atoms with Crippen molar-refractivity contribution in [3.63, 3.8) is 0 Å². The topological polar surface area (TPSA) is 75.4 Å². The van der Waals surface area contributed by atoms with Gasteiger partial charge in [0.25, 0.3) is 5.69 Å². The number of nitrogens with zero attached hydrogens (tertiary/aromatic N) is 1. The van der Waals surface area contributed by atoms with Gasteiger partial charge >= 0.3 is 0 Å². The van der Waals surface area contributed by atoms with Gasteiger partial charge in [-0.3, -0.25) is 10.1 Å². The molecule has 2 aromatic rings. The van der Waals surface area contributed by atoms with Crippen LogP contribution in [0.1, 0.15) is 30.1 Å². The molecule has 0 radical (unpaired) electrons. The third-order valence-corrected chi connectivity index (χ3v) is 3.44. The molecular weight excluding hydrogens is 268 g/mol. The van der Waals surface area contributed by atoms with Gasteiger partial charge in [0.1, 0.15) is 0 Å². The molecule has 0 amide bonds. The number of benzene rings is 2. The highest BCUT2D eigenvalue weighted by molar-refractivity contribution is 5.42. The Morgan fingerprint density at radius 2 is 1.76 bits per heavy atom. The van der Waals surface area contributed by atoms with Gasteiger partial charge in [0.2, 0.25) is 0 Å². The van der Waals surface area contributed by atoms with Gasteiger partial charge in [-0.1, -0.05) is 48.5 Å². The Labute approximate surface area is 123 Å². The predicted molar refractivity (Wildman–Crippen MR) is 80.9 cm³/mol. The third-order valence-electron chi connectivity index (χ3n) is 3.44. The van der Waals surface area contributed by atoms with E-state index in [0.29, 0.717) is 5.56 Å². The van der Waals surface area contributed by atoms with E-state index in [4.69, 9.17) is 0 Å². The SMILES string of the molecule is CC(N[C@H](CO)c1ccccc1)c1ccccc1[N+](=O)[O-]. The minimum absolute atomic E-state index is 0.0744. The van der Waals surface area contributed by atoms with Crippen LogP contribution in [-0.4, -0.2) is 16.6 Å². The van der Waals surface area contributed by atoms with Gasteiger partial charge in [0.05, 0.1) is 17.6 Å². The summed E-state index contributed by atoms with van der Waals surface area (Å²) in [4.78, 5) is 10.7. The van der Waals surface area contributed by atoms with Gasteiger partial charge < -0.3 is 10.4 Å². The fraction of sp³-hybridized carbons (Fsp3) is 0.250. The van der Waals surface area contributed by atoms with E-state index in [1.54, 1.807) is 18.2 Å². The lowest BCUT2D eigenvalue weighted by Gasteiger charge is -2.22. The molecule has 0 aliphatic heterocycles. The van der Waals surface area contributed by atoms with Crippen LogP contribution in [0.5, 0.6) is 0 Å². The van der Waals surface area contributed by atoms with Crippen molar-refractivity contribution < 1.29 is 10.0 Å². The fourth-order valence-electron chi connectivity index (χ4n) is 2.35. The van der Waals surface area contributed by atoms with E-state index in [0.717, 1.165) is 5.56 Å². The van der Waals surface area contributed by atoms with E-state index in [1.807, 2.05) is 37.3 Å². The lowest BCUT2D eigenvalue weighted by Crippen LogP contribution is -2.27. The highest BCUT2D eigenvalue weighted by Crippen LogP contribution is 2.26. The Kier molecular flexibility index (Phi) is 5.03. The van der Waals surface area contributed by atoms with Crippen molar-refractivity contribution in [2.75, 3.05) is 6.61 Å². The number of nitro groups is 1. The fourth-order valence-corrected chi connectivity index (χ4v) is 2.35. The number of hydrogen-bond donors (Lipinski definition) is 2. The molecule has 2 atom stereocenters. The Morgan fingerprint density at radius 3 is 2.38 bits per heavy atom. The van der Waals surface area contributed by atoms with E-state index >= 15 is 0 Å². The monoisotopic (exact) mass is 286 g/mol. The van der Waals surface area contributed by atoms with Gasteiger partial charge in [-0.05, 0) is 12.5 Å². The van der Waals surface area contributed by atoms with Gasteiger partial charge in [0.15, 0.2) is 0 Å². The first-order chi connectivity index (χ1) is 10.1. The molecule has 0 aliphatic carbocycles. The van der Waals surface area contributed by atoms with Crippen LogP contribution in [0.2, 0.25) is 0 Å². The van der Waals surface area contributed by atoms with E-state index in [1.165, 1.54) is 6.07 Å². The molecule has 0 spiro atoms. The molecule has 21 heavy (non-hydrogen) atoms. The van der Waals surface area contributed by atoms with Crippen LogP contribution < -0.4 is 5.32 Å². The lowest BCUT2D eigenvalue weighted by atomic mass is 10.0. The van der Waals surface area contributed by atoms with Crippen molar-refractivity contribution >= 4 is 5.69 Å². The maximum absolute atomic E-state index is 11.1. The minimum atomic E-state index is -0.385. The van der Waals surface area contributed by atoms with Crippen LogP contribution in [0, 0.1) is 10.1 Å². The Balaban J connectivity index is 2.21. The van der Waals surface area contributed by atoms with Crippen LogP contribution in [0.3, 0.4) is 0 Å². The van der Waals surface area contributed by atoms with Gasteiger partial charge in [-0.25, -0.2) is 0 Å². The van der Waals surface area contributed by atoms with Crippen LogP contribution in [0.4, 0.5) is 5.69 Å². The predicted octanol–water partition coefficient (Wildman–Crippen LogP) is 2.98. The smallest absolute Gasteiger partial charge is 0.274 e. The first-order valence-corrected chi connectivity index (χ1v) is 6.78. The molecule has 110 valence electrons. The van der Waals surface area contributed by atoms with E-state index < -0.39 is 0 Å². The molecule has 5 nitrogen and oxygen atoms in total. The summed E-state index contributed by atoms with van der Waals surface area (Å²) in [7, 11) is 0. The van der Waals surface area contributed by atoms with Gasteiger partial charge in [0, 0.05) is 17.7 Å². The number of rotatable bonds is 6. The molecule has 0 fully saturated rings. The summed E-state index contributed by atoms with van der Waals surface area (Å²) in [5.41, 5.74) is 1.64. The number of aliphatic hydroxyl groups excluding tert-OH is 1. The Bertz CT molecular complexity index is 601. The zero-order valence-corrected chi connectivity index (χ0v) is 11.8. The molecule has 5 heteroatoms. The summed E-state index contributed by atoms with van der Waals surface area (Å²) in [6.45, 7) is 1.78. The molecular formula is C16H18N2O3. The Morgan fingerprint density at radius 1 is 1.14 bits per heavy atom. The average Bonchev–Trinajstić information content (AvgIpc) is 2.53. The number of para-hydroxylation sites is 1. The average molecular weight is 286 g/mol. The third kappa shape index (κ3) is 3.65. The molecule has 0 saturated carbocycles. The highest BCUT2D eigenvalue weighted by atomic mass is 16.6. The van der Waals surface area contributed by atoms with E-state index in [2.05, 4.69) is 5.32 Å². The molecule has 0 aliphatic rings. The van der Waals surface area contributed by atoms with Crippen molar-refractivity contribution in [3.8, 4) is 0 Å². The number of nitrogens with one attached hydrogen (secondary N) is 1. The summed E-state index contributed by atoms with van der Waals surface area (Å²) in [6, 6.07) is 15.7. The zero-order valence-electron chi connectivity index (χ0n) is 11.8. The first kappa shape index (κ1) is 15.2. The van der Waals surface area contributed by atoms with Crippen molar-refractivity contribution in [2.24, 2.45) is 0 Å². The van der Waals surface area contributed by atoms with Gasteiger partial charge in [-0.2, -0.15) is 0 Å². The number of aliphatic hydroxyl groups is 1. The lowest BCUT2D eigenvalue weighted by molar-refractivity contribution is -0.385. The summed E-state index contributed by atoms with van der Waals surface area (Å²) in [5, 5.41) is 23.9. The second-order valence-electron chi connectivity index (χ2n) is 4.85. The highest BCUT2D eigenvalue weighted by Gasteiger charge is 2.21. The van der Waals surface area contributed by atoms with Crippen molar-refractivity contribution in [1.29, 1.82) is 0 Å². The molecule has 0 saturated heterocycles. The summed E-state index contributed by atoms with van der Waals surface area (Å²) >= 11 is 0. The maximum atomic E-state index is 11.1. The minimum Gasteiger partial charge on any atom is -0.394 e. The van der Waals surface area contributed by atoms with Crippen LogP contribution in [0.25, 0.3) is 0 Å². The largest absolute Gasteiger partial charge is 0.394 e. The zero-order chi connectivity index (χ0) is 15.2. The van der Waals surface area contributed by atoms with E-state index in [-0.39, 0.29) is 29.3 Å². The standard InChI is InChI=1S/C16H18N2O3/c1-12(14-9-5-6-10-16(14)18(20)21)17-15(11-19)13-7-3-2-4-8-13/h2-10,12,15,17,19H,11H2,1H3/t12?,15-/m1/s1.